The van der Waals surface area contributed by atoms with E-state index in [0.29, 0.717) is 5.03 Å². The van der Waals surface area contributed by atoms with Gasteiger partial charge in [0.2, 0.25) is 0 Å². The highest BCUT2D eigenvalue weighted by Crippen LogP contribution is 2.06. The molecule has 0 atom stereocenters. The van der Waals surface area contributed by atoms with Gasteiger partial charge in [-0.05, 0) is 13.8 Å². The molecule has 7 heavy (non-hydrogen) atoms. The topological polar surface area (TPSA) is 9.23 Å². The van der Waals surface area contributed by atoms with Gasteiger partial charge in [-0.3, -0.25) is 0 Å². The van der Waals surface area contributed by atoms with E-state index >= 15 is 0 Å². The van der Waals surface area contributed by atoms with E-state index in [9.17, 15) is 0 Å². The lowest BCUT2D eigenvalue weighted by molar-refractivity contribution is 0.291. The summed E-state index contributed by atoms with van der Waals surface area (Å²) in [4.78, 5) is 0. The van der Waals surface area contributed by atoms with Gasteiger partial charge in [-0.1, -0.05) is 11.6 Å². The number of halogens is 1. The second-order valence-corrected chi connectivity index (χ2v) is 1.86. The summed E-state index contributed by atoms with van der Waals surface area (Å²) in [5, 5.41) is 0.711. The zero-order chi connectivity index (χ0) is 5.86. The van der Waals surface area contributed by atoms with E-state index < -0.39 is 0 Å². The molecule has 0 aliphatic heterocycles. The maximum atomic E-state index is 5.48. The largest absolute Gasteiger partial charge is 0.500 e. The summed E-state index contributed by atoms with van der Waals surface area (Å²) in [6, 6.07) is 0. The molecule has 0 aromatic heterocycles. The summed E-state index contributed by atoms with van der Waals surface area (Å²) >= 11 is 5.48. The Bertz CT molecular complexity index is 82.1. The lowest BCUT2D eigenvalue weighted by Crippen LogP contribution is -1.78. The standard InChI is InChI=1S/C5H9ClO/c1-4(6)5(2)7-3/h1-3H3. The molecule has 0 aliphatic carbocycles. The minimum atomic E-state index is 0.711. The Labute approximate surface area is 48.9 Å². The third-order valence-corrected chi connectivity index (χ3v) is 1.06. The van der Waals surface area contributed by atoms with Crippen LogP contribution in [0.2, 0.25) is 0 Å². The van der Waals surface area contributed by atoms with Crippen molar-refractivity contribution in [1.29, 1.82) is 0 Å². The monoisotopic (exact) mass is 120 g/mol. The SMILES string of the molecule is COC(C)=C(C)Cl. The molecule has 0 radical (unpaired) electrons. The second-order valence-electron chi connectivity index (χ2n) is 1.29. The highest BCUT2D eigenvalue weighted by Gasteiger charge is 1.86. The van der Waals surface area contributed by atoms with Gasteiger partial charge in [-0.25, -0.2) is 0 Å². The Kier molecular flexibility index (Phi) is 2.84. The summed E-state index contributed by atoms with van der Waals surface area (Å²) in [6.07, 6.45) is 0. The van der Waals surface area contributed by atoms with Gasteiger partial charge in [0.05, 0.1) is 12.1 Å². The number of methoxy groups -OCH3 is 1. The van der Waals surface area contributed by atoms with Crippen molar-refractivity contribution in [2.75, 3.05) is 7.11 Å². The fourth-order valence-electron chi connectivity index (χ4n) is 0.141. The molecule has 2 heteroatoms. The van der Waals surface area contributed by atoms with Crippen LogP contribution in [0.5, 0.6) is 0 Å². The van der Waals surface area contributed by atoms with Crippen molar-refractivity contribution in [1.82, 2.24) is 0 Å². The summed E-state index contributed by atoms with van der Waals surface area (Å²) < 4.78 is 4.76. The molecule has 0 fully saturated rings. The first kappa shape index (κ1) is 6.83. The molecule has 0 rings (SSSR count). The molecule has 0 aromatic carbocycles. The molecule has 1 nitrogen and oxygen atoms in total. The van der Waals surface area contributed by atoms with E-state index in [1.807, 2.05) is 6.92 Å². The Morgan fingerprint density at radius 3 is 1.86 bits per heavy atom. The average Bonchev–Trinajstić information content (AvgIpc) is 1.65. The first-order valence-corrected chi connectivity index (χ1v) is 2.43. The van der Waals surface area contributed by atoms with E-state index in [2.05, 4.69) is 0 Å². The smallest absolute Gasteiger partial charge is 0.107 e. The maximum Gasteiger partial charge on any atom is 0.107 e. The van der Waals surface area contributed by atoms with Gasteiger partial charge in [0.15, 0.2) is 0 Å². The molecule has 0 amide bonds. The van der Waals surface area contributed by atoms with Crippen molar-refractivity contribution < 1.29 is 4.74 Å². The van der Waals surface area contributed by atoms with Crippen molar-refractivity contribution >= 4 is 11.6 Å². The molecule has 0 heterocycles. The highest BCUT2D eigenvalue weighted by molar-refractivity contribution is 6.29. The van der Waals surface area contributed by atoms with Gasteiger partial charge in [-0.2, -0.15) is 0 Å². The molecule has 0 spiro atoms. The quantitative estimate of drug-likeness (QED) is 0.482. The molecule has 0 saturated carbocycles. The van der Waals surface area contributed by atoms with Crippen LogP contribution in [-0.2, 0) is 4.74 Å². The van der Waals surface area contributed by atoms with Gasteiger partial charge >= 0.3 is 0 Å². The van der Waals surface area contributed by atoms with E-state index in [-0.39, 0.29) is 0 Å². The van der Waals surface area contributed by atoms with E-state index in [0.717, 1.165) is 5.76 Å². The van der Waals surface area contributed by atoms with Crippen LogP contribution in [0.4, 0.5) is 0 Å². The predicted molar refractivity (Wildman–Crippen MR) is 31.2 cm³/mol. The summed E-state index contributed by atoms with van der Waals surface area (Å²) in [5.41, 5.74) is 0. The van der Waals surface area contributed by atoms with Gasteiger partial charge in [0, 0.05) is 0 Å². The first-order valence-electron chi connectivity index (χ1n) is 2.05. The van der Waals surface area contributed by atoms with Gasteiger partial charge in [0.25, 0.3) is 0 Å². The van der Waals surface area contributed by atoms with Crippen LogP contribution in [0, 0.1) is 0 Å². The number of allylic oxidation sites excluding steroid dienone is 2. The zero-order valence-corrected chi connectivity index (χ0v) is 5.54. The van der Waals surface area contributed by atoms with Crippen molar-refractivity contribution in [3.8, 4) is 0 Å². The Hall–Kier alpha value is -0.170. The van der Waals surface area contributed by atoms with Crippen LogP contribution < -0.4 is 0 Å². The van der Waals surface area contributed by atoms with Crippen molar-refractivity contribution in [3.05, 3.63) is 10.8 Å². The highest BCUT2D eigenvalue weighted by atomic mass is 35.5. The molecular weight excluding hydrogens is 112 g/mol. The Balaban J connectivity index is 3.72. The number of hydrogen-bond donors (Lipinski definition) is 0. The molecule has 0 saturated heterocycles. The van der Waals surface area contributed by atoms with Crippen LogP contribution in [0.15, 0.2) is 10.8 Å². The average molecular weight is 121 g/mol. The predicted octanol–water partition coefficient (Wildman–Crippen LogP) is 2.12. The number of ether oxygens (including phenoxy) is 1. The zero-order valence-electron chi connectivity index (χ0n) is 4.79. The van der Waals surface area contributed by atoms with Crippen LogP contribution >= 0.6 is 11.6 Å². The molecule has 0 aromatic rings. The van der Waals surface area contributed by atoms with E-state index in [1.165, 1.54) is 0 Å². The molecule has 42 valence electrons. The normalized spacial score (nSPS) is 13.1. The van der Waals surface area contributed by atoms with Crippen LogP contribution in [0.3, 0.4) is 0 Å². The molecular formula is C5H9ClO. The lowest BCUT2D eigenvalue weighted by Gasteiger charge is -1.96. The van der Waals surface area contributed by atoms with Gasteiger partial charge in [-0.15, -0.1) is 0 Å². The number of rotatable bonds is 1. The van der Waals surface area contributed by atoms with Crippen LogP contribution in [0.25, 0.3) is 0 Å². The molecule has 0 N–H and O–H groups in total. The molecule has 0 bridgehead atoms. The Morgan fingerprint density at radius 2 is 1.86 bits per heavy atom. The van der Waals surface area contributed by atoms with Crippen molar-refractivity contribution in [2.45, 2.75) is 13.8 Å². The molecule has 0 aliphatic rings. The van der Waals surface area contributed by atoms with Crippen molar-refractivity contribution in [3.63, 3.8) is 0 Å². The second kappa shape index (κ2) is 2.92. The minimum Gasteiger partial charge on any atom is -0.500 e. The molecule has 0 unspecified atom stereocenters. The van der Waals surface area contributed by atoms with E-state index in [1.54, 1.807) is 14.0 Å². The Morgan fingerprint density at radius 1 is 1.43 bits per heavy atom. The summed E-state index contributed by atoms with van der Waals surface area (Å²) in [6.45, 7) is 3.61. The van der Waals surface area contributed by atoms with Crippen LogP contribution in [0.1, 0.15) is 13.8 Å². The van der Waals surface area contributed by atoms with Gasteiger partial charge in [0.1, 0.15) is 5.76 Å². The van der Waals surface area contributed by atoms with E-state index in [4.69, 9.17) is 16.3 Å². The fraction of sp³-hybridized carbons (Fsp3) is 0.600. The third kappa shape index (κ3) is 2.52. The fourth-order valence-corrected chi connectivity index (χ4v) is 0.218. The minimum absolute atomic E-state index is 0.711. The first-order chi connectivity index (χ1) is 3.18. The van der Waals surface area contributed by atoms with Crippen molar-refractivity contribution in [2.24, 2.45) is 0 Å². The summed E-state index contributed by atoms with van der Waals surface area (Å²) in [7, 11) is 1.60. The van der Waals surface area contributed by atoms with Crippen LogP contribution in [-0.4, -0.2) is 7.11 Å². The third-order valence-electron chi connectivity index (χ3n) is 0.791. The van der Waals surface area contributed by atoms with Gasteiger partial charge < -0.3 is 4.74 Å². The summed E-state index contributed by atoms with van der Waals surface area (Å²) in [5.74, 6) is 0.779. The lowest BCUT2D eigenvalue weighted by atomic mass is 10.5. The number of hydrogen-bond acceptors (Lipinski definition) is 1. The maximum absolute atomic E-state index is 5.48.